The first kappa shape index (κ1) is 56.0. The lowest BCUT2D eigenvalue weighted by Gasteiger charge is -2.23. The molecule has 10 aromatic rings. The van der Waals surface area contributed by atoms with Crippen molar-refractivity contribution in [2.75, 3.05) is 0 Å². The number of rotatable bonds is 14. The van der Waals surface area contributed by atoms with E-state index < -0.39 is 35.1 Å². The van der Waals surface area contributed by atoms with Gasteiger partial charge in [-0.05, 0) is 85.6 Å². The number of aromatic carboxylic acids is 1. The molecule has 4 heterocycles. The van der Waals surface area contributed by atoms with E-state index in [1.165, 1.54) is 29.2 Å². The summed E-state index contributed by atoms with van der Waals surface area (Å²) < 4.78 is 58.6. The smallest absolute Gasteiger partial charge is 0.354 e. The largest absolute Gasteiger partial charge is 0.477 e. The van der Waals surface area contributed by atoms with Crippen molar-refractivity contribution in [1.29, 1.82) is 10.5 Å². The molecule has 392 valence electrons. The highest BCUT2D eigenvalue weighted by Crippen LogP contribution is 2.21. The molecule has 20 heteroatoms. The van der Waals surface area contributed by atoms with Crippen LogP contribution in [0, 0.1) is 59.8 Å². The van der Waals surface area contributed by atoms with Gasteiger partial charge in [-0.15, -0.1) is 32.8 Å². The van der Waals surface area contributed by atoms with Gasteiger partial charge < -0.3 is 24.5 Å². The molecule has 0 aliphatic rings. The van der Waals surface area contributed by atoms with Crippen molar-refractivity contribution in [2.24, 2.45) is 0 Å². The minimum Gasteiger partial charge on any atom is -0.477 e. The highest BCUT2D eigenvalue weighted by Gasteiger charge is 2.23. The molecule has 6 aromatic carbocycles. The van der Waals surface area contributed by atoms with Crippen molar-refractivity contribution in [3.05, 3.63) is 249 Å². The van der Waals surface area contributed by atoms with E-state index >= 15 is 0 Å². The number of hydrogen-bond acceptors (Lipinski definition) is 11. The zero-order valence-corrected chi connectivity index (χ0v) is 42.7. The summed E-state index contributed by atoms with van der Waals surface area (Å²) in [5, 5.41) is 48.3. The van der Waals surface area contributed by atoms with Crippen molar-refractivity contribution in [1.82, 2.24) is 49.7 Å². The lowest BCUT2D eigenvalue weighted by atomic mass is 10.1. The van der Waals surface area contributed by atoms with E-state index in [0.717, 1.165) is 51.7 Å². The number of pyridine rings is 2. The van der Waals surface area contributed by atoms with Crippen LogP contribution in [0.2, 0.25) is 0 Å². The average molecular weight is 1070 g/mol. The Hall–Kier alpha value is -9.69. The molecule has 78 heavy (non-hydrogen) atoms. The SMILES string of the molecule is Cc1nnc(CN(Cc2ccc(F)cc2F)C(=O)c2ccc3ccccc3n2)n1Cc1ccc(C#N)cc1.Cc1nnc(CNCc2ccc(F)cc2F)n1Cc1ccc(C#N)cc1.Cl.O=C(O)c1ccc2ccccc2n1. The number of nitrogens with one attached hydrogen (secondary N) is 1. The molecule has 0 aliphatic heterocycles. The number of hydrogen-bond donors (Lipinski definition) is 2. The van der Waals surface area contributed by atoms with Crippen molar-refractivity contribution < 1.29 is 32.3 Å². The minimum absolute atomic E-state index is 0. The molecular weight excluding hydrogens is 1020 g/mol. The molecule has 0 atom stereocenters. The van der Waals surface area contributed by atoms with E-state index in [4.69, 9.17) is 15.6 Å². The quantitative estimate of drug-likeness (QED) is 0.0977. The first-order valence-electron chi connectivity index (χ1n) is 23.8. The number of carbonyl (C=O) groups is 2. The maximum Gasteiger partial charge on any atom is 0.354 e. The number of carbonyl (C=O) groups excluding carboxylic acids is 1. The lowest BCUT2D eigenvalue weighted by molar-refractivity contribution is 0.0688. The van der Waals surface area contributed by atoms with Gasteiger partial charge in [-0.25, -0.2) is 32.3 Å². The van der Waals surface area contributed by atoms with Crippen molar-refractivity contribution >= 4 is 46.1 Å². The van der Waals surface area contributed by atoms with Crippen LogP contribution in [0.1, 0.15) is 77.7 Å². The highest BCUT2D eigenvalue weighted by molar-refractivity contribution is 5.95. The Bertz CT molecular complexity index is 3820. The molecule has 0 spiro atoms. The van der Waals surface area contributed by atoms with Crippen LogP contribution in [0.25, 0.3) is 21.8 Å². The summed E-state index contributed by atoms with van der Waals surface area (Å²) >= 11 is 0. The van der Waals surface area contributed by atoms with Gasteiger partial charge in [0.05, 0.1) is 60.5 Å². The predicted octanol–water partition coefficient (Wildman–Crippen LogP) is 10.6. The van der Waals surface area contributed by atoms with Crippen LogP contribution in [-0.4, -0.2) is 61.4 Å². The van der Waals surface area contributed by atoms with Crippen molar-refractivity contribution in [2.45, 2.75) is 53.1 Å². The summed E-state index contributed by atoms with van der Waals surface area (Å²) in [7, 11) is 0. The zero-order valence-electron chi connectivity index (χ0n) is 41.9. The normalized spacial score (nSPS) is 10.6. The fourth-order valence-corrected chi connectivity index (χ4v) is 7.98. The number of aryl methyl sites for hydroxylation is 2. The van der Waals surface area contributed by atoms with Crippen LogP contribution in [0.4, 0.5) is 17.6 Å². The number of carboxylic acid groups (broad SMARTS) is 1. The van der Waals surface area contributed by atoms with Gasteiger partial charge >= 0.3 is 5.97 Å². The number of aromatic nitrogens is 8. The maximum absolute atomic E-state index is 14.6. The third-order valence-corrected chi connectivity index (χ3v) is 12.1. The van der Waals surface area contributed by atoms with Crippen LogP contribution < -0.4 is 5.32 Å². The number of carboxylic acids is 1. The van der Waals surface area contributed by atoms with Crippen LogP contribution >= 0.6 is 12.4 Å². The fraction of sp³-hybridized carbons (Fsp3) is 0.138. The van der Waals surface area contributed by atoms with Crippen molar-refractivity contribution in [3.63, 3.8) is 0 Å². The monoisotopic (exact) mass is 1070 g/mol. The summed E-state index contributed by atoms with van der Waals surface area (Å²) in [6.07, 6.45) is 0. The first-order chi connectivity index (χ1) is 37.2. The molecule has 0 bridgehead atoms. The second-order valence-corrected chi connectivity index (χ2v) is 17.4. The Morgan fingerprint density at radius 3 is 1.55 bits per heavy atom. The van der Waals surface area contributed by atoms with E-state index in [1.807, 2.05) is 88.9 Å². The average Bonchev–Trinajstić information content (AvgIpc) is 3.98. The van der Waals surface area contributed by atoms with E-state index in [9.17, 15) is 27.2 Å². The maximum atomic E-state index is 14.6. The van der Waals surface area contributed by atoms with Gasteiger partial charge in [0.1, 0.15) is 52.1 Å². The van der Waals surface area contributed by atoms with Crippen LogP contribution in [0.5, 0.6) is 0 Å². The number of nitrogens with zero attached hydrogens (tertiary/aromatic N) is 11. The molecule has 0 unspecified atom stereocenters. The first-order valence-corrected chi connectivity index (χ1v) is 23.8. The summed E-state index contributed by atoms with van der Waals surface area (Å²) in [4.78, 5) is 34.2. The standard InChI is InChI=1S/C29H22F2N6O.C19H17F2N5.C10H7NO2.ClH/c1-19-34-35-28(37(19)16-21-8-6-20(15-32)7-9-21)18-36(17-23-10-12-24(30)14-25(23)31)29(38)27-13-11-22-4-2-3-5-26(22)33-27;1-13-24-25-19(11-23-10-16-6-7-17(20)8-18(16)21)26(13)12-15-4-2-14(9-22)3-5-15;12-10(13)9-6-5-7-3-1-2-4-8(7)11-9;/h2-14H,16-18H2,1H3;2-8,23H,10-12H2,1H3;1-6H,(H,12,13);1H. The molecule has 0 aliphatic carbocycles. The molecule has 0 radical (unpaired) electrons. The Labute approximate surface area is 451 Å². The summed E-state index contributed by atoms with van der Waals surface area (Å²) in [5.74, 6) is -1.43. The van der Waals surface area contributed by atoms with Gasteiger partial charge in [0.2, 0.25) is 0 Å². The topological polar surface area (TPSA) is 204 Å². The fourth-order valence-electron chi connectivity index (χ4n) is 7.98. The van der Waals surface area contributed by atoms with Gasteiger partial charge in [0.25, 0.3) is 5.91 Å². The molecule has 2 N–H and O–H groups in total. The Kier molecular flexibility index (Phi) is 18.8. The van der Waals surface area contributed by atoms with E-state index in [0.29, 0.717) is 59.0 Å². The highest BCUT2D eigenvalue weighted by atomic mass is 35.5. The van der Waals surface area contributed by atoms with Crippen LogP contribution in [0.3, 0.4) is 0 Å². The minimum atomic E-state index is -0.995. The number of benzene rings is 6. The Morgan fingerprint density at radius 2 is 1.04 bits per heavy atom. The summed E-state index contributed by atoms with van der Waals surface area (Å²) in [5.41, 5.74) is 5.31. The molecular formula is C58H47ClF4N12O3. The van der Waals surface area contributed by atoms with Gasteiger partial charge in [-0.3, -0.25) is 4.79 Å². The van der Waals surface area contributed by atoms with Crippen LogP contribution in [0.15, 0.2) is 158 Å². The zero-order chi connectivity index (χ0) is 54.4. The molecule has 0 saturated carbocycles. The molecule has 15 nitrogen and oxygen atoms in total. The number of amides is 1. The number of fused-ring (bicyclic) bond motifs is 2. The predicted molar refractivity (Wildman–Crippen MR) is 285 cm³/mol. The van der Waals surface area contributed by atoms with Gasteiger partial charge in [-0.1, -0.05) is 84.9 Å². The number of para-hydroxylation sites is 2. The second-order valence-electron chi connectivity index (χ2n) is 17.4. The molecule has 0 fully saturated rings. The molecule has 0 saturated heterocycles. The van der Waals surface area contributed by atoms with E-state index in [1.54, 1.807) is 49.4 Å². The molecule has 1 amide bonds. The number of halogens is 5. The lowest BCUT2D eigenvalue weighted by Crippen LogP contribution is -2.32. The molecule has 10 rings (SSSR count). The van der Waals surface area contributed by atoms with Gasteiger partial charge in [-0.2, -0.15) is 10.5 Å². The second kappa shape index (κ2) is 26.2. The van der Waals surface area contributed by atoms with Gasteiger partial charge in [0.15, 0.2) is 5.82 Å². The third kappa shape index (κ3) is 14.4. The van der Waals surface area contributed by atoms with Gasteiger partial charge in [0, 0.05) is 47.1 Å². The Morgan fingerprint density at radius 1 is 0.564 bits per heavy atom. The summed E-state index contributed by atoms with van der Waals surface area (Å²) in [6.45, 7) is 5.20. The third-order valence-electron chi connectivity index (χ3n) is 12.1. The number of nitriles is 2. The summed E-state index contributed by atoms with van der Waals surface area (Å²) in [6, 6.07) is 47.0. The van der Waals surface area contributed by atoms with E-state index in [2.05, 4.69) is 47.8 Å². The van der Waals surface area contributed by atoms with Crippen LogP contribution in [-0.2, 0) is 39.3 Å². The Balaban J connectivity index is 0.000000189. The van der Waals surface area contributed by atoms with Crippen molar-refractivity contribution in [3.8, 4) is 12.1 Å². The van der Waals surface area contributed by atoms with E-state index in [-0.39, 0.29) is 49.0 Å². The molecule has 4 aromatic heterocycles.